The van der Waals surface area contributed by atoms with Crippen molar-refractivity contribution in [3.8, 4) is 0 Å². The first-order valence-corrected chi connectivity index (χ1v) is 6.76. The molecule has 22 heavy (non-hydrogen) atoms. The van der Waals surface area contributed by atoms with Crippen molar-refractivity contribution in [2.24, 2.45) is 0 Å². The fourth-order valence-electron chi connectivity index (χ4n) is 2.01. The molecular weight excluding hydrogens is 280 g/mol. The highest BCUT2D eigenvalue weighted by Gasteiger charge is 2.04. The topological polar surface area (TPSA) is 72.2 Å². The van der Waals surface area contributed by atoms with Gasteiger partial charge in [0, 0.05) is 23.9 Å². The third-order valence-corrected chi connectivity index (χ3v) is 3.17. The summed E-state index contributed by atoms with van der Waals surface area (Å²) in [7, 11) is 0. The first kappa shape index (κ1) is 15.4. The van der Waals surface area contributed by atoms with Gasteiger partial charge in [-0.15, -0.1) is 0 Å². The molecule has 0 spiro atoms. The molecule has 0 fully saturated rings. The summed E-state index contributed by atoms with van der Waals surface area (Å²) >= 11 is 0. The van der Waals surface area contributed by atoms with Crippen LogP contribution in [0, 0.1) is 24.0 Å². The Hall–Kier alpha value is -2.95. The second kappa shape index (κ2) is 6.67. The van der Waals surface area contributed by atoms with Crippen molar-refractivity contribution >= 4 is 23.4 Å². The maximum Gasteiger partial charge on any atom is 0.269 e. The standard InChI is InChI=1S/C17H16N2O3/c1-12-3-9-16(13(2)11-12)18-17(20)10-6-14-4-7-15(8-5-14)19(21)22/h3-11H,1-2H3,(H,18,20). The van der Waals surface area contributed by atoms with E-state index in [4.69, 9.17) is 0 Å². The van der Waals surface area contributed by atoms with Crippen molar-refractivity contribution in [3.05, 3.63) is 75.3 Å². The number of anilines is 1. The number of nitro groups is 1. The van der Waals surface area contributed by atoms with E-state index >= 15 is 0 Å². The molecule has 1 N–H and O–H groups in total. The minimum atomic E-state index is -0.458. The average molecular weight is 296 g/mol. The van der Waals surface area contributed by atoms with Crippen LogP contribution in [-0.4, -0.2) is 10.8 Å². The molecule has 0 radical (unpaired) electrons. The van der Waals surface area contributed by atoms with Gasteiger partial charge in [-0.2, -0.15) is 0 Å². The van der Waals surface area contributed by atoms with Gasteiger partial charge in [-0.1, -0.05) is 17.7 Å². The summed E-state index contributed by atoms with van der Waals surface area (Å²) in [6, 6.07) is 11.8. The molecule has 0 unspecified atom stereocenters. The summed E-state index contributed by atoms with van der Waals surface area (Å²) in [5.41, 5.74) is 3.65. The Morgan fingerprint density at radius 3 is 2.41 bits per heavy atom. The monoisotopic (exact) mass is 296 g/mol. The summed E-state index contributed by atoms with van der Waals surface area (Å²) in [6.07, 6.45) is 3.02. The van der Waals surface area contributed by atoms with E-state index in [0.717, 1.165) is 22.4 Å². The number of nitrogens with zero attached hydrogens (tertiary/aromatic N) is 1. The minimum absolute atomic E-state index is 0.0249. The predicted octanol–water partition coefficient (Wildman–Crippen LogP) is 3.86. The SMILES string of the molecule is Cc1ccc(NC(=O)C=Cc2ccc([N+](=O)[O-])cc2)c(C)c1. The fraction of sp³-hybridized carbons (Fsp3) is 0.118. The van der Waals surface area contributed by atoms with E-state index < -0.39 is 4.92 Å². The molecule has 2 aromatic rings. The molecule has 1 amide bonds. The van der Waals surface area contributed by atoms with Gasteiger partial charge in [0.1, 0.15) is 0 Å². The minimum Gasteiger partial charge on any atom is -0.322 e. The molecule has 0 atom stereocenters. The molecule has 2 rings (SSSR count). The molecule has 0 aromatic heterocycles. The van der Waals surface area contributed by atoms with Crippen molar-refractivity contribution in [1.82, 2.24) is 0 Å². The molecule has 5 heteroatoms. The number of nitro benzene ring substituents is 1. The zero-order valence-electron chi connectivity index (χ0n) is 12.4. The average Bonchev–Trinajstić information content (AvgIpc) is 2.48. The van der Waals surface area contributed by atoms with E-state index in [9.17, 15) is 14.9 Å². The lowest BCUT2D eigenvalue weighted by molar-refractivity contribution is -0.384. The summed E-state index contributed by atoms with van der Waals surface area (Å²) in [6.45, 7) is 3.93. The number of carbonyl (C=O) groups is 1. The van der Waals surface area contributed by atoms with Crippen molar-refractivity contribution in [2.45, 2.75) is 13.8 Å². The van der Waals surface area contributed by atoms with E-state index in [1.54, 1.807) is 18.2 Å². The van der Waals surface area contributed by atoms with Crippen LogP contribution in [0.2, 0.25) is 0 Å². The number of rotatable bonds is 4. The Morgan fingerprint density at radius 1 is 1.14 bits per heavy atom. The Kier molecular flexibility index (Phi) is 4.68. The fourth-order valence-corrected chi connectivity index (χ4v) is 2.01. The molecule has 0 aliphatic carbocycles. The maximum atomic E-state index is 11.9. The summed E-state index contributed by atoms with van der Waals surface area (Å²) in [4.78, 5) is 22.0. The Bertz CT molecular complexity index is 734. The van der Waals surface area contributed by atoms with Crippen LogP contribution in [-0.2, 0) is 4.79 Å². The normalized spacial score (nSPS) is 10.6. The maximum absolute atomic E-state index is 11.9. The van der Waals surface area contributed by atoms with Gasteiger partial charge >= 0.3 is 0 Å². The van der Waals surface area contributed by atoms with Crippen LogP contribution in [0.4, 0.5) is 11.4 Å². The molecule has 112 valence electrons. The van der Waals surface area contributed by atoms with Crippen LogP contribution < -0.4 is 5.32 Å². The highest BCUT2D eigenvalue weighted by Crippen LogP contribution is 2.16. The summed E-state index contributed by atoms with van der Waals surface area (Å²) in [5.74, 6) is -0.245. The zero-order valence-corrected chi connectivity index (χ0v) is 12.4. The first-order chi connectivity index (χ1) is 10.5. The van der Waals surface area contributed by atoms with Crippen molar-refractivity contribution < 1.29 is 9.72 Å². The largest absolute Gasteiger partial charge is 0.322 e. The second-order valence-electron chi connectivity index (χ2n) is 4.99. The van der Waals surface area contributed by atoms with Crippen LogP contribution in [0.1, 0.15) is 16.7 Å². The molecule has 0 aliphatic heterocycles. The Morgan fingerprint density at radius 2 is 1.82 bits per heavy atom. The first-order valence-electron chi connectivity index (χ1n) is 6.76. The summed E-state index contributed by atoms with van der Waals surface area (Å²) in [5, 5.41) is 13.4. The van der Waals surface area contributed by atoms with Gasteiger partial charge < -0.3 is 5.32 Å². The van der Waals surface area contributed by atoms with Crippen LogP contribution in [0.3, 0.4) is 0 Å². The van der Waals surface area contributed by atoms with Crippen molar-refractivity contribution in [1.29, 1.82) is 0 Å². The molecule has 0 bridgehead atoms. The molecular formula is C17H16N2O3. The second-order valence-corrected chi connectivity index (χ2v) is 4.99. The van der Waals surface area contributed by atoms with Crippen LogP contribution >= 0.6 is 0 Å². The van der Waals surface area contributed by atoms with Gasteiger partial charge in [-0.3, -0.25) is 14.9 Å². The molecule has 0 heterocycles. The molecule has 2 aromatic carbocycles. The third-order valence-electron chi connectivity index (χ3n) is 3.17. The zero-order chi connectivity index (χ0) is 16.1. The third kappa shape index (κ3) is 4.02. The number of hydrogen-bond acceptors (Lipinski definition) is 3. The Balaban J connectivity index is 2.03. The van der Waals surface area contributed by atoms with E-state index in [2.05, 4.69) is 5.32 Å². The van der Waals surface area contributed by atoms with E-state index in [1.807, 2.05) is 32.0 Å². The quantitative estimate of drug-likeness (QED) is 0.529. The van der Waals surface area contributed by atoms with Crippen LogP contribution in [0.25, 0.3) is 6.08 Å². The number of aryl methyl sites for hydroxylation is 2. The van der Waals surface area contributed by atoms with Gasteiger partial charge in [0.05, 0.1) is 4.92 Å². The highest BCUT2D eigenvalue weighted by atomic mass is 16.6. The number of nitrogens with one attached hydrogen (secondary N) is 1. The van der Waals surface area contributed by atoms with Crippen LogP contribution in [0.5, 0.6) is 0 Å². The summed E-state index contributed by atoms with van der Waals surface area (Å²) < 4.78 is 0. The lowest BCUT2D eigenvalue weighted by atomic mass is 10.1. The number of non-ortho nitro benzene ring substituents is 1. The van der Waals surface area contributed by atoms with Gasteiger partial charge in [0.25, 0.3) is 5.69 Å². The van der Waals surface area contributed by atoms with Crippen LogP contribution in [0.15, 0.2) is 48.5 Å². The molecule has 0 saturated carbocycles. The van der Waals surface area contributed by atoms with Crippen molar-refractivity contribution in [2.75, 3.05) is 5.32 Å². The smallest absolute Gasteiger partial charge is 0.269 e. The molecule has 0 aliphatic rings. The van der Waals surface area contributed by atoms with E-state index in [1.165, 1.54) is 18.2 Å². The van der Waals surface area contributed by atoms with Gasteiger partial charge in [0.2, 0.25) is 5.91 Å². The number of carbonyl (C=O) groups excluding carboxylic acids is 1. The number of amides is 1. The number of benzene rings is 2. The van der Waals surface area contributed by atoms with E-state index in [-0.39, 0.29) is 11.6 Å². The van der Waals surface area contributed by atoms with Gasteiger partial charge in [-0.25, -0.2) is 0 Å². The van der Waals surface area contributed by atoms with Gasteiger partial charge in [0.15, 0.2) is 0 Å². The van der Waals surface area contributed by atoms with E-state index in [0.29, 0.717) is 0 Å². The van der Waals surface area contributed by atoms with Crippen molar-refractivity contribution in [3.63, 3.8) is 0 Å². The predicted molar refractivity (Wildman–Crippen MR) is 86.7 cm³/mol. The lowest BCUT2D eigenvalue weighted by Gasteiger charge is -2.07. The number of hydrogen-bond donors (Lipinski definition) is 1. The highest BCUT2D eigenvalue weighted by molar-refractivity contribution is 6.02. The molecule has 5 nitrogen and oxygen atoms in total. The van der Waals surface area contributed by atoms with Gasteiger partial charge in [-0.05, 0) is 49.2 Å². The Labute approximate surface area is 128 Å². The molecule has 0 saturated heterocycles. The lowest BCUT2D eigenvalue weighted by Crippen LogP contribution is -2.08.